The van der Waals surface area contributed by atoms with Gasteiger partial charge in [0.05, 0.1) is 5.69 Å². The Morgan fingerprint density at radius 2 is 1.81 bits per heavy atom. The van der Waals surface area contributed by atoms with Gasteiger partial charge in [-0.3, -0.25) is 0 Å². The van der Waals surface area contributed by atoms with Crippen LogP contribution in [0.3, 0.4) is 0 Å². The number of aryl methyl sites for hydroxylation is 2. The van der Waals surface area contributed by atoms with Gasteiger partial charge in [-0.1, -0.05) is 17.7 Å². The molecule has 0 aliphatic heterocycles. The van der Waals surface area contributed by atoms with E-state index in [0.29, 0.717) is 0 Å². The normalized spacial score (nSPS) is 10.4. The van der Waals surface area contributed by atoms with Crippen molar-refractivity contribution in [2.24, 2.45) is 0 Å². The molecule has 0 aliphatic rings. The monoisotopic (exact) mass is 230 g/mol. The molecule has 2 nitrogen and oxygen atoms in total. The van der Waals surface area contributed by atoms with E-state index in [-0.39, 0.29) is 0 Å². The molecule has 0 saturated carbocycles. The Morgan fingerprint density at radius 1 is 1.00 bits per heavy atom. The molecule has 2 rings (SSSR count). The minimum Gasteiger partial charge on any atom is -0.149 e. The molecule has 0 aliphatic carbocycles. The van der Waals surface area contributed by atoms with Crippen molar-refractivity contribution in [1.82, 2.24) is 10.2 Å². The lowest BCUT2D eigenvalue weighted by atomic mass is 10.0. The van der Waals surface area contributed by atoms with Crippen LogP contribution in [0.25, 0.3) is 11.3 Å². The number of nitrogens with zero attached hydrogens (tertiary/aromatic N) is 2. The molecule has 1 aromatic carbocycles. The van der Waals surface area contributed by atoms with Gasteiger partial charge >= 0.3 is 0 Å². The average Bonchev–Trinajstić information content (AvgIpc) is 2.32. The minimum atomic E-state index is 0.944. The van der Waals surface area contributed by atoms with Crippen molar-refractivity contribution in [2.45, 2.75) is 18.9 Å². The SMILES string of the molecule is CSc1ccc(-c2cc(C)ccc2C)nn1. The predicted molar refractivity (Wildman–Crippen MR) is 68.7 cm³/mol. The van der Waals surface area contributed by atoms with E-state index < -0.39 is 0 Å². The fourth-order valence-electron chi connectivity index (χ4n) is 1.58. The first-order valence-electron chi connectivity index (χ1n) is 5.16. The van der Waals surface area contributed by atoms with Crippen LogP contribution in [0.4, 0.5) is 0 Å². The fourth-order valence-corrected chi connectivity index (χ4v) is 1.91. The van der Waals surface area contributed by atoms with Crippen molar-refractivity contribution in [3.63, 3.8) is 0 Å². The summed E-state index contributed by atoms with van der Waals surface area (Å²) in [6.07, 6.45) is 2.00. The summed E-state index contributed by atoms with van der Waals surface area (Å²) in [6.45, 7) is 4.19. The Labute approximate surface area is 100 Å². The van der Waals surface area contributed by atoms with E-state index in [4.69, 9.17) is 0 Å². The Hall–Kier alpha value is -1.35. The number of rotatable bonds is 2. The number of benzene rings is 1. The van der Waals surface area contributed by atoms with Crippen molar-refractivity contribution in [2.75, 3.05) is 6.26 Å². The third kappa shape index (κ3) is 2.25. The zero-order chi connectivity index (χ0) is 11.5. The standard InChI is InChI=1S/C13H14N2S/c1-9-4-5-10(2)11(8-9)12-6-7-13(16-3)15-14-12/h4-8H,1-3H3. The summed E-state index contributed by atoms with van der Waals surface area (Å²) in [4.78, 5) is 0. The summed E-state index contributed by atoms with van der Waals surface area (Å²) >= 11 is 1.61. The molecule has 3 heteroatoms. The van der Waals surface area contributed by atoms with E-state index in [2.05, 4.69) is 42.2 Å². The Morgan fingerprint density at radius 3 is 2.44 bits per heavy atom. The average molecular weight is 230 g/mol. The van der Waals surface area contributed by atoms with Crippen LogP contribution < -0.4 is 0 Å². The highest BCUT2D eigenvalue weighted by atomic mass is 32.2. The van der Waals surface area contributed by atoms with Crippen LogP contribution in [0.1, 0.15) is 11.1 Å². The summed E-state index contributed by atoms with van der Waals surface area (Å²) in [7, 11) is 0. The van der Waals surface area contributed by atoms with Crippen molar-refractivity contribution >= 4 is 11.8 Å². The number of aromatic nitrogens is 2. The van der Waals surface area contributed by atoms with Gasteiger partial charge in [0, 0.05) is 5.56 Å². The largest absolute Gasteiger partial charge is 0.149 e. The van der Waals surface area contributed by atoms with Crippen LogP contribution in [-0.4, -0.2) is 16.5 Å². The Kier molecular flexibility index (Phi) is 3.25. The molecule has 0 amide bonds. The maximum absolute atomic E-state index is 4.25. The van der Waals surface area contributed by atoms with Gasteiger partial charge in [0.1, 0.15) is 5.03 Å². The fraction of sp³-hybridized carbons (Fsp3) is 0.231. The van der Waals surface area contributed by atoms with E-state index >= 15 is 0 Å². The van der Waals surface area contributed by atoms with Gasteiger partial charge in [-0.2, -0.15) is 0 Å². The van der Waals surface area contributed by atoms with Gasteiger partial charge in [-0.05, 0) is 43.9 Å². The summed E-state index contributed by atoms with van der Waals surface area (Å²) in [5.74, 6) is 0. The van der Waals surface area contributed by atoms with Crippen LogP contribution in [0.2, 0.25) is 0 Å². The van der Waals surface area contributed by atoms with Crippen molar-refractivity contribution in [3.05, 3.63) is 41.5 Å². The molecule has 0 bridgehead atoms. The lowest BCUT2D eigenvalue weighted by Gasteiger charge is -2.06. The van der Waals surface area contributed by atoms with Gasteiger partial charge in [0.15, 0.2) is 0 Å². The van der Waals surface area contributed by atoms with Crippen LogP contribution in [0.5, 0.6) is 0 Å². The van der Waals surface area contributed by atoms with E-state index in [0.717, 1.165) is 10.7 Å². The second-order valence-corrected chi connectivity index (χ2v) is 4.61. The zero-order valence-corrected chi connectivity index (χ0v) is 10.5. The van der Waals surface area contributed by atoms with E-state index in [9.17, 15) is 0 Å². The second kappa shape index (κ2) is 4.66. The quantitative estimate of drug-likeness (QED) is 0.739. The molecule has 2 aromatic rings. The highest BCUT2D eigenvalue weighted by molar-refractivity contribution is 7.98. The molecule has 1 heterocycles. The van der Waals surface area contributed by atoms with Crippen LogP contribution in [0.15, 0.2) is 35.4 Å². The molecule has 0 atom stereocenters. The third-order valence-corrected chi connectivity index (χ3v) is 3.15. The van der Waals surface area contributed by atoms with E-state index in [1.807, 2.05) is 18.4 Å². The van der Waals surface area contributed by atoms with Gasteiger partial charge in [0.25, 0.3) is 0 Å². The summed E-state index contributed by atoms with van der Waals surface area (Å²) in [5, 5.41) is 9.36. The van der Waals surface area contributed by atoms with E-state index in [1.165, 1.54) is 16.7 Å². The zero-order valence-electron chi connectivity index (χ0n) is 9.69. The molecule has 0 spiro atoms. The molecule has 0 fully saturated rings. The molecular weight excluding hydrogens is 216 g/mol. The molecule has 0 saturated heterocycles. The summed E-state index contributed by atoms with van der Waals surface area (Å²) < 4.78 is 0. The van der Waals surface area contributed by atoms with Crippen molar-refractivity contribution in [3.8, 4) is 11.3 Å². The lowest BCUT2D eigenvalue weighted by Crippen LogP contribution is -1.91. The Balaban J connectivity index is 2.45. The van der Waals surface area contributed by atoms with E-state index in [1.54, 1.807) is 11.8 Å². The van der Waals surface area contributed by atoms with Gasteiger partial charge in [-0.25, -0.2) is 0 Å². The number of thioether (sulfide) groups is 1. The highest BCUT2D eigenvalue weighted by Gasteiger charge is 2.04. The smallest absolute Gasteiger partial charge is 0.119 e. The molecule has 16 heavy (non-hydrogen) atoms. The summed E-state index contributed by atoms with van der Waals surface area (Å²) in [5.41, 5.74) is 4.59. The van der Waals surface area contributed by atoms with Crippen LogP contribution >= 0.6 is 11.8 Å². The predicted octanol–water partition coefficient (Wildman–Crippen LogP) is 3.48. The first-order valence-corrected chi connectivity index (χ1v) is 6.38. The van der Waals surface area contributed by atoms with Gasteiger partial charge in [-0.15, -0.1) is 22.0 Å². The van der Waals surface area contributed by atoms with Gasteiger partial charge in [0.2, 0.25) is 0 Å². The maximum Gasteiger partial charge on any atom is 0.119 e. The molecule has 0 N–H and O–H groups in total. The van der Waals surface area contributed by atoms with Crippen LogP contribution in [0, 0.1) is 13.8 Å². The number of hydrogen-bond donors (Lipinski definition) is 0. The first-order chi connectivity index (χ1) is 7.70. The third-order valence-electron chi connectivity index (χ3n) is 2.52. The number of hydrogen-bond acceptors (Lipinski definition) is 3. The van der Waals surface area contributed by atoms with Crippen LogP contribution in [-0.2, 0) is 0 Å². The maximum atomic E-state index is 4.25. The second-order valence-electron chi connectivity index (χ2n) is 3.78. The topological polar surface area (TPSA) is 25.8 Å². The Bertz CT molecular complexity index is 492. The van der Waals surface area contributed by atoms with Gasteiger partial charge < -0.3 is 0 Å². The molecular formula is C13H14N2S. The molecule has 1 aromatic heterocycles. The molecule has 82 valence electrons. The lowest BCUT2D eigenvalue weighted by molar-refractivity contribution is 0.936. The van der Waals surface area contributed by atoms with Crippen molar-refractivity contribution < 1.29 is 0 Å². The molecule has 0 radical (unpaired) electrons. The first kappa shape index (κ1) is 11.1. The minimum absolute atomic E-state index is 0.944. The van der Waals surface area contributed by atoms with Crippen molar-refractivity contribution in [1.29, 1.82) is 0 Å². The highest BCUT2D eigenvalue weighted by Crippen LogP contribution is 2.23. The summed E-state index contributed by atoms with van der Waals surface area (Å²) in [6, 6.07) is 10.4. The molecule has 0 unspecified atom stereocenters.